The van der Waals surface area contributed by atoms with Crippen LogP contribution in [0.1, 0.15) is 63.0 Å². The van der Waals surface area contributed by atoms with Crippen LogP contribution in [0.2, 0.25) is 0 Å². The molecule has 3 saturated heterocycles. The molecule has 0 N–H and O–H groups in total. The molecule has 0 aliphatic carbocycles. The molecule has 6 rings (SSSR count). The zero-order valence-electron chi connectivity index (χ0n) is 24.4. The Labute approximate surface area is 243 Å². The second-order valence-electron chi connectivity index (χ2n) is 12.3. The largest absolute Gasteiger partial charge is 0.377 e. The second-order valence-corrected chi connectivity index (χ2v) is 12.3. The first-order valence-corrected chi connectivity index (χ1v) is 14.8. The Kier molecular flexibility index (Phi) is 8.32. The molecule has 6 nitrogen and oxygen atoms in total. The first kappa shape index (κ1) is 28.5. The SMILES string of the molecule is C[C@@]12CO[C@@H](c3ccccc3)O[C@H]1C[C@H]1O[C@@](C)(CCOCc3ccccc3)[C@H](OCc3ccccc3)C[C@]1(C)O2. The van der Waals surface area contributed by atoms with Crippen LogP contribution in [0, 0.1) is 0 Å². The number of ether oxygens (including phenoxy) is 6. The highest BCUT2D eigenvalue weighted by Crippen LogP contribution is 2.51. The fourth-order valence-corrected chi connectivity index (χ4v) is 6.49. The lowest BCUT2D eigenvalue weighted by molar-refractivity contribution is -0.388. The second kappa shape index (κ2) is 12.0. The van der Waals surface area contributed by atoms with E-state index in [1.807, 2.05) is 66.7 Å². The van der Waals surface area contributed by atoms with E-state index in [9.17, 15) is 0 Å². The van der Waals surface area contributed by atoms with Gasteiger partial charge in [0.15, 0.2) is 6.29 Å². The van der Waals surface area contributed by atoms with Crippen LogP contribution in [-0.4, -0.2) is 48.3 Å². The average Bonchev–Trinajstić information content (AvgIpc) is 2.99. The van der Waals surface area contributed by atoms with Crippen molar-refractivity contribution in [2.75, 3.05) is 13.2 Å². The molecule has 0 unspecified atom stereocenters. The van der Waals surface area contributed by atoms with Gasteiger partial charge in [0.25, 0.3) is 0 Å². The van der Waals surface area contributed by atoms with E-state index < -0.39 is 23.1 Å². The Bertz CT molecular complexity index is 1260. The third-order valence-corrected chi connectivity index (χ3v) is 8.97. The van der Waals surface area contributed by atoms with Gasteiger partial charge in [-0.05, 0) is 31.9 Å². The van der Waals surface area contributed by atoms with Crippen molar-refractivity contribution in [2.24, 2.45) is 0 Å². The Morgan fingerprint density at radius 3 is 2.07 bits per heavy atom. The van der Waals surface area contributed by atoms with Crippen molar-refractivity contribution >= 4 is 0 Å². The van der Waals surface area contributed by atoms with Crippen molar-refractivity contribution in [2.45, 2.75) is 94.7 Å². The molecule has 0 bridgehead atoms. The fraction of sp³-hybridized carbons (Fsp3) is 0.486. The van der Waals surface area contributed by atoms with E-state index in [0.29, 0.717) is 39.3 Å². The van der Waals surface area contributed by atoms with Gasteiger partial charge in [0.05, 0.1) is 49.3 Å². The highest BCUT2D eigenvalue weighted by Gasteiger charge is 2.61. The van der Waals surface area contributed by atoms with Gasteiger partial charge in [-0.15, -0.1) is 0 Å². The monoisotopic (exact) mass is 558 g/mol. The van der Waals surface area contributed by atoms with Gasteiger partial charge in [-0.1, -0.05) is 91.0 Å². The van der Waals surface area contributed by atoms with Crippen molar-refractivity contribution in [3.05, 3.63) is 108 Å². The summed E-state index contributed by atoms with van der Waals surface area (Å²) >= 11 is 0. The highest BCUT2D eigenvalue weighted by molar-refractivity contribution is 5.18. The molecule has 3 fully saturated rings. The summed E-state index contributed by atoms with van der Waals surface area (Å²) < 4.78 is 39.4. The van der Waals surface area contributed by atoms with Gasteiger partial charge in [0, 0.05) is 31.4 Å². The molecule has 0 radical (unpaired) electrons. The highest BCUT2D eigenvalue weighted by atomic mass is 16.7. The number of benzene rings is 3. The van der Waals surface area contributed by atoms with E-state index in [2.05, 4.69) is 45.0 Å². The maximum absolute atomic E-state index is 7.02. The quantitative estimate of drug-likeness (QED) is 0.270. The Morgan fingerprint density at radius 1 is 0.756 bits per heavy atom. The van der Waals surface area contributed by atoms with E-state index in [4.69, 9.17) is 28.4 Å². The van der Waals surface area contributed by atoms with E-state index >= 15 is 0 Å². The predicted octanol–water partition coefficient (Wildman–Crippen LogP) is 6.78. The van der Waals surface area contributed by atoms with Crippen molar-refractivity contribution < 1.29 is 28.4 Å². The van der Waals surface area contributed by atoms with E-state index in [1.165, 1.54) is 0 Å². The molecule has 41 heavy (non-hydrogen) atoms. The number of fused-ring (bicyclic) bond motifs is 2. The van der Waals surface area contributed by atoms with Crippen molar-refractivity contribution in [3.8, 4) is 0 Å². The molecule has 3 aromatic rings. The van der Waals surface area contributed by atoms with Crippen LogP contribution in [0.25, 0.3) is 0 Å². The Balaban J connectivity index is 1.18. The van der Waals surface area contributed by atoms with Gasteiger partial charge >= 0.3 is 0 Å². The molecule has 0 saturated carbocycles. The average molecular weight is 559 g/mol. The molecule has 218 valence electrons. The Morgan fingerprint density at radius 2 is 1.39 bits per heavy atom. The van der Waals surface area contributed by atoms with Crippen LogP contribution in [0.4, 0.5) is 0 Å². The molecule has 0 amide bonds. The zero-order valence-corrected chi connectivity index (χ0v) is 24.4. The minimum Gasteiger partial charge on any atom is -0.377 e. The molecular weight excluding hydrogens is 516 g/mol. The van der Waals surface area contributed by atoms with Crippen LogP contribution in [0.3, 0.4) is 0 Å². The third kappa shape index (κ3) is 6.29. The first-order chi connectivity index (χ1) is 19.9. The lowest BCUT2D eigenvalue weighted by atomic mass is 9.73. The molecular formula is C35H42O6. The molecule has 3 aliphatic heterocycles. The summed E-state index contributed by atoms with van der Waals surface area (Å²) in [5.41, 5.74) is 1.66. The summed E-state index contributed by atoms with van der Waals surface area (Å²) in [7, 11) is 0. The maximum Gasteiger partial charge on any atom is 0.184 e. The van der Waals surface area contributed by atoms with Crippen molar-refractivity contribution in [1.29, 1.82) is 0 Å². The molecule has 6 heteroatoms. The Hall–Kier alpha value is -2.58. The fourth-order valence-electron chi connectivity index (χ4n) is 6.49. The number of rotatable bonds is 9. The lowest BCUT2D eigenvalue weighted by Crippen LogP contribution is -2.70. The summed E-state index contributed by atoms with van der Waals surface area (Å²) in [5, 5.41) is 0. The normalized spacial score (nSPS) is 34.9. The van der Waals surface area contributed by atoms with Crippen LogP contribution < -0.4 is 0 Å². The molecule has 0 aromatic heterocycles. The van der Waals surface area contributed by atoms with Crippen molar-refractivity contribution in [3.63, 3.8) is 0 Å². The number of hydrogen-bond donors (Lipinski definition) is 0. The van der Waals surface area contributed by atoms with Gasteiger partial charge in [0.2, 0.25) is 0 Å². The number of hydrogen-bond acceptors (Lipinski definition) is 6. The summed E-state index contributed by atoms with van der Waals surface area (Å²) in [4.78, 5) is 0. The first-order valence-electron chi connectivity index (χ1n) is 14.8. The van der Waals surface area contributed by atoms with Crippen LogP contribution >= 0.6 is 0 Å². The predicted molar refractivity (Wildman–Crippen MR) is 156 cm³/mol. The lowest BCUT2D eigenvalue weighted by Gasteiger charge is -2.60. The molecule has 0 spiro atoms. The topological polar surface area (TPSA) is 55.4 Å². The zero-order chi connectivity index (χ0) is 28.3. The maximum atomic E-state index is 7.02. The summed E-state index contributed by atoms with van der Waals surface area (Å²) in [6.07, 6.45) is 1.27. The minimum atomic E-state index is -0.573. The van der Waals surface area contributed by atoms with Crippen LogP contribution in [0.15, 0.2) is 91.0 Å². The smallest absolute Gasteiger partial charge is 0.184 e. The van der Waals surface area contributed by atoms with Crippen LogP contribution in [0.5, 0.6) is 0 Å². The van der Waals surface area contributed by atoms with Gasteiger partial charge in [-0.25, -0.2) is 0 Å². The minimum absolute atomic E-state index is 0.147. The summed E-state index contributed by atoms with van der Waals surface area (Å²) in [5.74, 6) is 0. The third-order valence-electron chi connectivity index (χ3n) is 8.97. The summed E-state index contributed by atoms with van der Waals surface area (Å²) in [6.45, 7) is 8.55. The van der Waals surface area contributed by atoms with E-state index in [0.717, 1.165) is 23.1 Å². The van der Waals surface area contributed by atoms with E-state index in [1.54, 1.807) is 0 Å². The molecule has 3 aromatic carbocycles. The molecule has 3 aliphatic rings. The van der Waals surface area contributed by atoms with Gasteiger partial charge in [-0.2, -0.15) is 0 Å². The standard InChI is InChI=1S/C35H42O6/c1-33(19-20-36-23-26-13-7-4-8-14-26)31(37-24-27-15-9-5-10-16-27)22-34(2)30(40-33)21-29-35(3,41-34)25-38-32(39-29)28-17-11-6-12-18-28/h4-18,29-32H,19-25H2,1-3H3/t29-,30+,31+,32+,33-,34-,35+/m0/s1. The van der Waals surface area contributed by atoms with E-state index in [-0.39, 0.29) is 18.3 Å². The molecule has 7 atom stereocenters. The van der Waals surface area contributed by atoms with Crippen LogP contribution in [-0.2, 0) is 41.6 Å². The van der Waals surface area contributed by atoms with Gasteiger partial charge in [0.1, 0.15) is 5.60 Å². The van der Waals surface area contributed by atoms with Gasteiger partial charge < -0.3 is 28.4 Å². The molecule has 3 heterocycles. The van der Waals surface area contributed by atoms with Gasteiger partial charge in [-0.3, -0.25) is 0 Å². The summed E-state index contributed by atoms with van der Waals surface area (Å²) in [6, 6.07) is 30.7. The van der Waals surface area contributed by atoms with Crippen molar-refractivity contribution in [1.82, 2.24) is 0 Å².